The molecule has 0 fully saturated rings. The fraction of sp³-hybridized carbons (Fsp3) is 0.500. The van der Waals surface area contributed by atoms with E-state index >= 15 is 0 Å². The van der Waals surface area contributed by atoms with Gasteiger partial charge < -0.3 is 5.32 Å². The van der Waals surface area contributed by atoms with Crippen molar-refractivity contribution in [3.05, 3.63) is 47.5 Å². The Morgan fingerprint density at radius 3 is 2.75 bits per heavy atom. The van der Waals surface area contributed by atoms with E-state index in [2.05, 4.69) is 17.5 Å². The Kier molecular flexibility index (Phi) is 4.86. The van der Waals surface area contributed by atoms with Crippen LogP contribution in [0.3, 0.4) is 0 Å². The minimum atomic E-state index is -4.27. The molecule has 0 aromatic heterocycles. The highest BCUT2D eigenvalue weighted by Crippen LogP contribution is 2.30. The molecular weight excluding hydrogens is 263 g/mol. The first-order chi connectivity index (χ1) is 9.47. The van der Waals surface area contributed by atoms with Crippen molar-refractivity contribution in [1.82, 2.24) is 5.32 Å². The van der Waals surface area contributed by atoms with Gasteiger partial charge in [-0.15, -0.1) is 0 Å². The predicted octanol–water partition coefficient (Wildman–Crippen LogP) is 4.71. The number of hydrogen-bond acceptors (Lipinski definition) is 1. The number of nitrogens with one attached hydrogen (secondary N) is 1. The zero-order valence-electron chi connectivity index (χ0n) is 11.6. The highest BCUT2D eigenvalue weighted by Gasteiger charge is 2.30. The van der Waals surface area contributed by atoms with E-state index in [-0.39, 0.29) is 6.04 Å². The summed E-state index contributed by atoms with van der Waals surface area (Å²) in [5.41, 5.74) is 0.107. The monoisotopic (exact) mass is 283 g/mol. The van der Waals surface area contributed by atoms with Crippen LogP contribution in [0.2, 0.25) is 0 Å². The molecule has 1 aromatic rings. The SMILES string of the molecule is CC(NCC1CC=CCC1)c1cccc(C(F)(F)F)c1. The van der Waals surface area contributed by atoms with Crippen LogP contribution in [0.1, 0.15) is 43.4 Å². The number of hydrogen-bond donors (Lipinski definition) is 1. The van der Waals surface area contributed by atoms with Crippen molar-refractivity contribution in [3.63, 3.8) is 0 Å². The van der Waals surface area contributed by atoms with Gasteiger partial charge in [0.15, 0.2) is 0 Å². The Hall–Kier alpha value is -1.29. The van der Waals surface area contributed by atoms with Crippen molar-refractivity contribution >= 4 is 0 Å². The molecule has 0 amide bonds. The summed E-state index contributed by atoms with van der Waals surface area (Å²) in [6.07, 6.45) is 3.41. The van der Waals surface area contributed by atoms with Gasteiger partial charge in [0.25, 0.3) is 0 Å². The van der Waals surface area contributed by atoms with E-state index in [1.165, 1.54) is 12.1 Å². The molecule has 0 spiro atoms. The fourth-order valence-electron chi connectivity index (χ4n) is 2.49. The third-order valence-electron chi connectivity index (χ3n) is 3.80. The van der Waals surface area contributed by atoms with Crippen LogP contribution in [0.15, 0.2) is 36.4 Å². The lowest BCUT2D eigenvalue weighted by molar-refractivity contribution is -0.137. The normalized spacial score (nSPS) is 20.9. The van der Waals surface area contributed by atoms with Crippen LogP contribution in [0.25, 0.3) is 0 Å². The number of allylic oxidation sites excluding steroid dienone is 2. The number of halogens is 3. The maximum Gasteiger partial charge on any atom is 0.416 e. The second-order valence-corrected chi connectivity index (χ2v) is 5.40. The summed E-state index contributed by atoms with van der Waals surface area (Å²) in [6, 6.07) is 5.50. The molecule has 20 heavy (non-hydrogen) atoms. The van der Waals surface area contributed by atoms with Gasteiger partial charge in [0.05, 0.1) is 5.56 Å². The van der Waals surface area contributed by atoms with Gasteiger partial charge in [0, 0.05) is 6.04 Å². The Labute approximate surface area is 117 Å². The summed E-state index contributed by atoms with van der Waals surface area (Å²) >= 11 is 0. The molecule has 2 rings (SSSR count). The molecule has 0 heterocycles. The summed E-state index contributed by atoms with van der Waals surface area (Å²) in [5.74, 6) is 0.591. The average molecular weight is 283 g/mol. The Bertz CT molecular complexity index is 465. The van der Waals surface area contributed by atoms with E-state index in [1.807, 2.05) is 6.92 Å². The van der Waals surface area contributed by atoms with Crippen molar-refractivity contribution in [3.8, 4) is 0 Å². The molecule has 0 saturated carbocycles. The van der Waals surface area contributed by atoms with Gasteiger partial charge in [0.2, 0.25) is 0 Å². The van der Waals surface area contributed by atoms with Crippen LogP contribution in [0, 0.1) is 5.92 Å². The minimum Gasteiger partial charge on any atom is -0.310 e. The van der Waals surface area contributed by atoms with E-state index in [0.29, 0.717) is 11.5 Å². The quantitative estimate of drug-likeness (QED) is 0.789. The number of alkyl halides is 3. The van der Waals surface area contributed by atoms with Crippen LogP contribution < -0.4 is 5.32 Å². The third-order valence-corrected chi connectivity index (χ3v) is 3.80. The Morgan fingerprint density at radius 1 is 1.30 bits per heavy atom. The molecule has 0 bridgehead atoms. The molecule has 1 N–H and O–H groups in total. The van der Waals surface area contributed by atoms with Crippen molar-refractivity contribution in [2.75, 3.05) is 6.54 Å². The second-order valence-electron chi connectivity index (χ2n) is 5.40. The molecule has 1 aliphatic rings. The molecule has 1 aromatic carbocycles. The topological polar surface area (TPSA) is 12.0 Å². The molecule has 0 radical (unpaired) electrons. The maximum absolute atomic E-state index is 12.7. The molecular formula is C16H20F3N. The number of rotatable bonds is 4. The summed E-state index contributed by atoms with van der Waals surface area (Å²) in [4.78, 5) is 0. The molecule has 0 aliphatic heterocycles. The van der Waals surface area contributed by atoms with E-state index in [0.717, 1.165) is 31.9 Å². The lowest BCUT2D eigenvalue weighted by Gasteiger charge is -2.22. The minimum absolute atomic E-state index is 0.0665. The van der Waals surface area contributed by atoms with Gasteiger partial charge >= 0.3 is 6.18 Å². The molecule has 1 aliphatic carbocycles. The van der Waals surface area contributed by atoms with Gasteiger partial charge in [0.1, 0.15) is 0 Å². The van der Waals surface area contributed by atoms with Crippen molar-refractivity contribution in [2.45, 2.75) is 38.4 Å². The van der Waals surface area contributed by atoms with E-state index in [1.54, 1.807) is 6.07 Å². The highest BCUT2D eigenvalue weighted by atomic mass is 19.4. The first-order valence-corrected chi connectivity index (χ1v) is 7.02. The van der Waals surface area contributed by atoms with Gasteiger partial charge in [-0.1, -0.05) is 24.3 Å². The standard InChI is InChI=1S/C16H20F3N/c1-12(20-11-13-6-3-2-4-7-13)14-8-5-9-15(10-14)16(17,18)19/h2-3,5,8-10,12-13,20H,4,6-7,11H2,1H3. The summed E-state index contributed by atoms with van der Waals surface area (Å²) < 4.78 is 38.0. The summed E-state index contributed by atoms with van der Waals surface area (Å²) in [7, 11) is 0. The van der Waals surface area contributed by atoms with Crippen LogP contribution in [0.5, 0.6) is 0 Å². The van der Waals surface area contributed by atoms with Gasteiger partial charge in [-0.2, -0.15) is 13.2 Å². The zero-order valence-corrected chi connectivity index (χ0v) is 11.6. The smallest absolute Gasteiger partial charge is 0.310 e. The Morgan fingerprint density at radius 2 is 2.10 bits per heavy atom. The van der Waals surface area contributed by atoms with Crippen LogP contribution >= 0.6 is 0 Å². The van der Waals surface area contributed by atoms with Crippen molar-refractivity contribution in [2.24, 2.45) is 5.92 Å². The van der Waals surface area contributed by atoms with Crippen LogP contribution in [-0.2, 0) is 6.18 Å². The second kappa shape index (κ2) is 6.44. The van der Waals surface area contributed by atoms with Crippen LogP contribution in [-0.4, -0.2) is 6.54 Å². The first kappa shape index (κ1) is 15.1. The molecule has 1 nitrogen and oxygen atoms in total. The third kappa shape index (κ3) is 4.10. The Balaban J connectivity index is 1.95. The fourth-order valence-corrected chi connectivity index (χ4v) is 2.49. The van der Waals surface area contributed by atoms with Gasteiger partial charge in [-0.25, -0.2) is 0 Å². The van der Waals surface area contributed by atoms with Crippen LogP contribution in [0.4, 0.5) is 13.2 Å². The molecule has 0 saturated heterocycles. The van der Waals surface area contributed by atoms with E-state index < -0.39 is 11.7 Å². The molecule has 110 valence electrons. The average Bonchev–Trinajstić information content (AvgIpc) is 2.45. The number of benzene rings is 1. The van der Waals surface area contributed by atoms with Gasteiger partial charge in [-0.05, 0) is 56.3 Å². The lowest BCUT2D eigenvalue weighted by atomic mass is 9.94. The van der Waals surface area contributed by atoms with Crippen molar-refractivity contribution < 1.29 is 13.2 Å². The summed E-state index contributed by atoms with van der Waals surface area (Å²) in [5, 5.41) is 3.35. The molecule has 2 atom stereocenters. The predicted molar refractivity (Wildman–Crippen MR) is 74.3 cm³/mol. The lowest BCUT2D eigenvalue weighted by Crippen LogP contribution is -2.26. The highest BCUT2D eigenvalue weighted by molar-refractivity contribution is 5.27. The zero-order chi connectivity index (χ0) is 14.6. The van der Waals surface area contributed by atoms with Gasteiger partial charge in [-0.3, -0.25) is 0 Å². The molecule has 4 heteroatoms. The van der Waals surface area contributed by atoms with E-state index in [9.17, 15) is 13.2 Å². The first-order valence-electron chi connectivity index (χ1n) is 7.02. The largest absolute Gasteiger partial charge is 0.416 e. The molecule has 2 unspecified atom stereocenters. The van der Waals surface area contributed by atoms with E-state index in [4.69, 9.17) is 0 Å². The maximum atomic E-state index is 12.7. The van der Waals surface area contributed by atoms with Crippen molar-refractivity contribution in [1.29, 1.82) is 0 Å². The summed E-state index contributed by atoms with van der Waals surface area (Å²) in [6.45, 7) is 2.76.